The standard InChI is InChI=1S/C16H12N2/c1-2-6-14-10-18-12-16-8-4-3-7-15(16)11-17(18)9-13(14)5-1/h1-12H. The Hall–Kier alpha value is -2.48. The van der Waals surface area contributed by atoms with Crippen LogP contribution >= 0.6 is 0 Å². The van der Waals surface area contributed by atoms with Gasteiger partial charge in [-0.2, -0.15) is 0 Å². The first-order valence-electron chi connectivity index (χ1n) is 6.04. The van der Waals surface area contributed by atoms with Crippen molar-refractivity contribution in [1.29, 1.82) is 0 Å². The third-order valence-electron chi connectivity index (χ3n) is 3.34. The molecule has 2 heterocycles. The number of hydrazine groups is 1. The van der Waals surface area contributed by atoms with Gasteiger partial charge in [-0.3, -0.25) is 10.0 Å². The lowest BCUT2D eigenvalue weighted by atomic mass is 10.2. The van der Waals surface area contributed by atoms with E-state index in [0.29, 0.717) is 0 Å². The lowest BCUT2D eigenvalue weighted by molar-refractivity contribution is 0.303. The summed E-state index contributed by atoms with van der Waals surface area (Å²) >= 11 is 0. The van der Waals surface area contributed by atoms with Gasteiger partial charge in [0.25, 0.3) is 0 Å². The molecule has 0 radical (unpaired) electrons. The predicted molar refractivity (Wildman–Crippen MR) is 72.9 cm³/mol. The van der Waals surface area contributed by atoms with Crippen molar-refractivity contribution >= 4 is 24.8 Å². The van der Waals surface area contributed by atoms with E-state index in [0.717, 1.165) is 0 Å². The highest BCUT2D eigenvalue weighted by molar-refractivity contribution is 5.51. The van der Waals surface area contributed by atoms with Crippen LogP contribution in [0.1, 0.15) is 0 Å². The molecule has 0 amide bonds. The molecule has 2 aliphatic heterocycles. The normalized spacial score (nSPS) is 15.1. The van der Waals surface area contributed by atoms with Crippen molar-refractivity contribution in [2.45, 2.75) is 0 Å². The molecule has 0 aliphatic carbocycles. The molecule has 4 rings (SSSR count). The first-order chi connectivity index (χ1) is 8.90. The summed E-state index contributed by atoms with van der Waals surface area (Å²) in [6.07, 6.45) is 8.62. The smallest absolute Gasteiger partial charge is 0.0347 e. The van der Waals surface area contributed by atoms with Crippen molar-refractivity contribution in [1.82, 2.24) is 10.0 Å². The molecule has 0 saturated heterocycles. The molecule has 0 bridgehead atoms. The number of nitrogens with zero attached hydrogens (tertiary/aromatic N) is 2. The third kappa shape index (κ3) is 1.36. The number of hydrogen-bond acceptors (Lipinski definition) is 2. The fraction of sp³-hybridized carbons (Fsp3) is 0. The Morgan fingerprint density at radius 2 is 0.722 bits per heavy atom. The molecular weight excluding hydrogens is 220 g/mol. The fourth-order valence-electron chi connectivity index (χ4n) is 2.40. The van der Waals surface area contributed by atoms with Crippen molar-refractivity contribution in [3.05, 3.63) is 69.4 Å². The Kier molecular flexibility index (Phi) is 1.86. The molecule has 0 atom stereocenters. The van der Waals surface area contributed by atoms with Crippen molar-refractivity contribution in [3.8, 4) is 0 Å². The maximum absolute atomic E-state index is 2.15. The number of fused-ring (bicyclic) bond motifs is 3. The molecule has 0 aromatic heterocycles. The van der Waals surface area contributed by atoms with E-state index in [2.05, 4.69) is 83.3 Å². The quantitative estimate of drug-likeness (QED) is 0.625. The van der Waals surface area contributed by atoms with Gasteiger partial charge in [0.05, 0.1) is 0 Å². The van der Waals surface area contributed by atoms with E-state index in [1.807, 2.05) is 0 Å². The number of hydrogen-bond donors (Lipinski definition) is 0. The highest BCUT2D eigenvalue weighted by atomic mass is 15.6. The van der Waals surface area contributed by atoms with Crippen LogP contribution in [0.25, 0.3) is 24.8 Å². The van der Waals surface area contributed by atoms with Gasteiger partial charge < -0.3 is 0 Å². The van der Waals surface area contributed by atoms with E-state index < -0.39 is 0 Å². The summed E-state index contributed by atoms with van der Waals surface area (Å²) in [5.41, 5.74) is 0. The molecule has 2 aromatic carbocycles. The zero-order valence-corrected chi connectivity index (χ0v) is 9.82. The lowest BCUT2D eigenvalue weighted by Crippen LogP contribution is -2.45. The van der Waals surface area contributed by atoms with E-state index in [9.17, 15) is 0 Å². The summed E-state index contributed by atoms with van der Waals surface area (Å²) in [4.78, 5) is 0. The van der Waals surface area contributed by atoms with Crippen molar-refractivity contribution in [2.75, 3.05) is 0 Å². The second-order valence-electron chi connectivity index (χ2n) is 4.53. The largest absolute Gasteiger partial charge is 0.263 e. The van der Waals surface area contributed by atoms with Crippen LogP contribution in [0, 0.1) is 0 Å². The van der Waals surface area contributed by atoms with Gasteiger partial charge in [-0.1, -0.05) is 48.5 Å². The molecule has 2 aliphatic rings. The third-order valence-corrected chi connectivity index (χ3v) is 3.34. The van der Waals surface area contributed by atoms with Gasteiger partial charge in [-0.15, -0.1) is 0 Å². The van der Waals surface area contributed by atoms with Crippen LogP contribution in [0.5, 0.6) is 0 Å². The zero-order valence-electron chi connectivity index (χ0n) is 9.82. The van der Waals surface area contributed by atoms with Gasteiger partial charge in [0, 0.05) is 45.7 Å². The van der Waals surface area contributed by atoms with Crippen LogP contribution in [0.4, 0.5) is 0 Å². The zero-order chi connectivity index (χ0) is 11.9. The van der Waals surface area contributed by atoms with Gasteiger partial charge in [-0.05, 0) is 0 Å². The van der Waals surface area contributed by atoms with Crippen LogP contribution in [-0.2, 0) is 0 Å². The molecule has 18 heavy (non-hydrogen) atoms. The fourth-order valence-corrected chi connectivity index (χ4v) is 2.40. The van der Waals surface area contributed by atoms with Gasteiger partial charge in [0.2, 0.25) is 0 Å². The van der Waals surface area contributed by atoms with Crippen LogP contribution in [0.3, 0.4) is 0 Å². The van der Waals surface area contributed by atoms with Gasteiger partial charge in [0.15, 0.2) is 0 Å². The Bertz CT molecular complexity index is 706. The topological polar surface area (TPSA) is 6.48 Å². The van der Waals surface area contributed by atoms with Crippen LogP contribution in [0.2, 0.25) is 0 Å². The summed E-state index contributed by atoms with van der Waals surface area (Å²) in [7, 11) is 0. The van der Waals surface area contributed by atoms with Crippen LogP contribution < -0.4 is 20.9 Å². The molecule has 2 aromatic rings. The molecular formula is C16H12N2. The van der Waals surface area contributed by atoms with Crippen molar-refractivity contribution < 1.29 is 0 Å². The average Bonchev–Trinajstić information content (AvgIpc) is 2.42. The van der Waals surface area contributed by atoms with Gasteiger partial charge >= 0.3 is 0 Å². The summed E-state index contributed by atoms with van der Waals surface area (Å²) in [6, 6.07) is 16.8. The van der Waals surface area contributed by atoms with E-state index in [-0.39, 0.29) is 0 Å². The minimum absolute atomic E-state index is 1.25. The second-order valence-corrected chi connectivity index (χ2v) is 4.53. The first-order valence-corrected chi connectivity index (χ1v) is 6.04. The van der Waals surface area contributed by atoms with Crippen molar-refractivity contribution in [2.24, 2.45) is 0 Å². The Morgan fingerprint density at radius 3 is 1.00 bits per heavy atom. The summed E-state index contributed by atoms with van der Waals surface area (Å²) in [6.45, 7) is 0. The minimum atomic E-state index is 1.25. The van der Waals surface area contributed by atoms with E-state index in [4.69, 9.17) is 0 Å². The Balaban J connectivity index is 2.01. The summed E-state index contributed by atoms with van der Waals surface area (Å²) < 4.78 is 0. The maximum Gasteiger partial charge on any atom is 0.0347 e. The average molecular weight is 232 g/mol. The lowest BCUT2D eigenvalue weighted by Gasteiger charge is -2.31. The van der Waals surface area contributed by atoms with E-state index in [1.165, 1.54) is 20.9 Å². The number of rotatable bonds is 0. The first kappa shape index (κ1) is 9.54. The van der Waals surface area contributed by atoms with E-state index >= 15 is 0 Å². The minimum Gasteiger partial charge on any atom is -0.263 e. The van der Waals surface area contributed by atoms with Crippen molar-refractivity contribution in [3.63, 3.8) is 0 Å². The van der Waals surface area contributed by atoms with Crippen LogP contribution in [0.15, 0.2) is 48.5 Å². The predicted octanol–water partition coefficient (Wildman–Crippen LogP) is -0.115. The molecule has 2 nitrogen and oxygen atoms in total. The molecule has 0 spiro atoms. The monoisotopic (exact) mass is 232 g/mol. The molecule has 0 unspecified atom stereocenters. The molecule has 2 heteroatoms. The number of benzene rings is 2. The molecule has 0 fully saturated rings. The summed E-state index contributed by atoms with van der Waals surface area (Å²) in [5.74, 6) is 0. The van der Waals surface area contributed by atoms with Crippen LogP contribution in [-0.4, -0.2) is 10.0 Å². The Labute approximate surface area is 105 Å². The molecule has 86 valence electrons. The molecule has 0 N–H and O–H groups in total. The highest BCUT2D eigenvalue weighted by Crippen LogP contribution is 2.06. The summed E-state index contributed by atoms with van der Waals surface area (Å²) in [5, 5.41) is 9.22. The Morgan fingerprint density at radius 1 is 0.444 bits per heavy atom. The van der Waals surface area contributed by atoms with E-state index in [1.54, 1.807) is 0 Å². The SMILES string of the molecule is C1=c2ccccc2=CN2C=c3ccccc3=CN12. The van der Waals surface area contributed by atoms with Gasteiger partial charge in [0.1, 0.15) is 0 Å². The second kappa shape index (κ2) is 3.50. The maximum atomic E-state index is 2.15. The highest BCUT2D eigenvalue weighted by Gasteiger charge is 2.10. The molecule has 0 saturated carbocycles. The van der Waals surface area contributed by atoms with Gasteiger partial charge in [-0.25, -0.2) is 0 Å².